The maximum absolute atomic E-state index is 12.0. The zero-order valence-electron chi connectivity index (χ0n) is 18.5. The Morgan fingerprint density at radius 3 is 2.30 bits per heavy atom. The van der Waals surface area contributed by atoms with Crippen LogP contribution in [-0.2, 0) is 14.9 Å². The van der Waals surface area contributed by atoms with Crippen molar-refractivity contribution in [2.24, 2.45) is 0 Å². The third-order valence-corrected chi connectivity index (χ3v) is 6.23. The minimum absolute atomic E-state index is 0.147. The zero-order valence-corrected chi connectivity index (χ0v) is 18.5. The molecule has 0 aromatic heterocycles. The van der Waals surface area contributed by atoms with E-state index in [0.717, 1.165) is 51.3 Å². The molecule has 0 N–H and O–H groups in total. The van der Waals surface area contributed by atoms with Gasteiger partial charge in [-0.3, -0.25) is 9.69 Å². The number of carbonyl (C=O) groups is 1. The maximum atomic E-state index is 12.0. The number of hydrogen-bond acceptors (Lipinski definition) is 5. The molecule has 0 aliphatic carbocycles. The van der Waals surface area contributed by atoms with Gasteiger partial charge in [-0.25, -0.2) is 0 Å². The van der Waals surface area contributed by atoms with Crippen molar-refractivity contribution < 1.29 is 14.3 Å². The van der Waals surface area contributed by atoms with E-state index < -0.39 is 0 Å². The highest BCUT2D eigenvalue weighted by molar-refractivity contribution is 5.71. The molecule has 30 heavy (non-hydrogen) atoms. The van der Waals surface area contributed by atoms with E-state index in [0.29, 0.717) is 6.42 Å². The molecule has 1 saturated heterocycles. The first-order chi connectivity index (χ1) is 14.6. The number of methoxy groups -OCH3 is 2. The monoisotopic (exact) mass is 410 g/mol. The molecule has 2 aromatic rings. The van der Waals surface area contributed by atoms with Crippen molar-refractivity contribution in [3.05, 3.63) is 60.2 Å². The van der Waals surface area contributed by atoms with E-state index in [1.807, 2.05) is 30.3 Å². The van der Waals surface area contributed by atoms with Gasteiger partial charge in [-0.05, 0) is 37.1 Å². The highest BCUT2D eigenvalue weighted by atomic mass is 16.5. The molecule has 0 radical (unpaired) electrons. The fourth-order valence-corrected chi connectivity index (χ4v) is 4.36. The molecule has 1 atom stereocenters. The van der Waals surface area contributed by atoms with E-state index in [-0.39, 0.29) is 11.4 Å². The van der Waals surface area contributed by atoms with Gasteiger partial charge in [-0.2, -0.15) is 0 Å². The standard InChI is InChI=1S/C25H34N2O3/c1-25(20-24(28)30-3,21-10-5-4-6-11-21)14-9-15-26-16-18-27(19-17-26)22-12-7-8-13-23(22)29-2/h4-8,10-13H,9,14-20H2,1-3H3. The van der Waals surface area contributed by atoms with Gasteiger partial charge >= 0.3 is 5.97 Å². The van der Waals surface area contributed by atoms with Crippen molar-refractivity contribution in [2.45, 2.75) is 31.6 Å². The van der Waals surface area contributed by atoms with Crippen LogP contribution < -0.4 is 9.64 Å². The number of carbonyl (C=O) groups excluding carboxylic acids is 1. The summed E-state index contributed by atoms with van der Waals surface area (Å²) in [5.74, 6) is 0.791. The summed E-state index contributed by atoms with van der Waals surface area (Å²) in [6, 6.07) is 18.6. The number of ether oxygens (including phenoxy) is 2. The number of esters is 1. The number of para-hydroxylation sites is 2. The average molecular weight is 411 g/mol. The minimum atomic E-state index is -0.201. The first kappa shape index (κ1) is 22.2. The van der Waals surface area contributed by atoms with Crippen LogP contribution in [0.5, 0.6) is 5.75 Å². The maximum Gasteiger partial charge on any atom is 0.306 e. The quantitative estimate of drug-likeness (QED) is 0.582. The van der Waals surface area contributed by atoms with Gasteiger partial charge in [0.25, 0.3) is 0 Å². The van der Waals surface area contributed by atoms with Gasteiger partial charge in [0, 0.05) is 31.6 Å². The SMILES string of the molecule is COC(=O)CC(C)(CCCN1CCN(c2ccccc2OC)CC1)c1ccccc1. The zero-order chi connectivity index (χ0) is 21.4. The van der Waals surface area contributed by atoms with Gasteiger partial charge in [0.1, 0.15) is 5.75 Å². The Kier molecular flexibility index (Phi) is 7.75. The summed E-state index contributed by atoms with van der Waals surface area (Å²) in [5, 5.41) is 0. The van der Waals surface area contributed by atoms with E-state index in [1.54, 1.807) is 7.11 Å². The van der Waals surface area contributed by atoms with Gasteiger partial charge in [0.05, 0.1) is 26.3 Å². The van der Waals surface area contributed by atoms with Crippen LogP contribution >= 0.6 is 0 Å². The van der Waals surface area contributed by atoms with Crippen LogP contribution in [0.1, 0.15) is 31.7 Å². The number of rotatable bonds is 9. The molecular weight excluding hydrogens is 376 g/mol. The molecule has 1 unspecified atom stereocenters. The summed E-state index contributed by atoms with van der Waals surface area (Å²) in [7, 11) is 3.20. The highest BCUT2D eigenvalue weighted by Crippen LogP contribution is 2.33. The molecule has 162 valence electrons. The largest absolute Gasteiger partial charge is 0.495 e. The molecule has 1 aliphatic heterocycles. The third kappa shape index (κ3) is 5.54. The van der Waals surface area contributed by atoms with Crippen molar-refractivity contribution in [3.8, 4) is 5.75 Å². The summed E-state index contributed by atoms with van der Waals surface area (Å²) < 4.78 is 10.5. The van der Waals surface area contributed by atoms with E-state index in [2.05, 4.69) is 41.0 Å². The first-order valence-corrected chi connectivity index (χ1v) is 10.8. The fourth-order valence-electron chi connectivity index (χ4n) is 4.36. The van der Waals surface area contributed by atoms with Gasteiger partial charge in [0.15, 0.2) is 0 Å². The van der Waals surface area contributed by atoms with Gasteiger partial charge in [0.2, 0.25) is 0 Å². The van der Waals surface area contributed by atoms with Crippen LogP contribution in [0.15, 0.2) is 54.6 Å². The second-order valence-corrected chi connectivity index (χ2v) is 8.28. The molecule has 1 aliphatic rings. The Bertz CT molecular complexity index is 803. The lowest BCUT2D eigenvalue weighted by molar-refractivity contribution is -0.142. The van der Waals surface area contributed by atoms with Crippen LogP contribution in [0.2, 0.25) is 0 Å². The minimum Gasteiger partial charge on any atom is -0.495 e. The van der Waals surface area contributed by atoms with Crippen molar-refractivity contribution in [3.63, 3.8) is 0 Å². The van der Waals surface area contributed by atoms with Crippen molar-refractivity contribution in [2.75, 3.05) is 51.8 Å². The van der Waals surface area contributed by atoms with Crippen LogP contribution in [0.4, 0.5) is 5.69 Å². The Balaban J connectivity index is 1.53. The predicted octanol–water partition coefficient (Wildman–Crippen LogP) is 4.12. The highest BCUT2D eigenvalue weighted by Gasteiger charge is 2.30. The van der Waals surface area contributed by atoms with Gasteiger partial charge < -0.3 is 14.4 Å². The van der Waals surface area contributed by atoms with E-state index in [1.165, 1.54) is 18.4 Å². The van der Waals surface area contributed by atoms with Gasteiger partial charge in [-0.15, -0.1) is 0 Å². The van der Waals surface area contributed by atoms with Crippen LogP contribution in [0, 0.1) is 0 Å². The second-order valence-electron chi connectivity index (χ2n) is 8.28. The lowest BCUT2D eigenvalue weighted by Gasteiger charge is -2.37. The van der Waals surface area contributed by atoms with Crippen LogP contribution in [0.25, 0.3) is 0 Å². The Labute approximate surface area is 180 Å². The van der Waals surface area contributed by atoms with Crippen molar-refractivity contribution in [1.29, 1.82) is 0 Å². The molecule has 0 bridgehead atoms. The number of hydrogen-bond donors (Lipinski definition) is 0. The molecule has 0 spiro atoms. The lowest BCUT2D eigenvalue weighted by atomic mass is 9.76. The molecule has 0 amide bonds. The lowest BCUT2D eigenvalue weighted by Crippen LogP contribution is -2.47. The van der Waals surface area contributed by atoms with Crippen LogP contribution in [0.3, 0.4) is 0 Å². The van der Waals surface area contributed by atoms with E-state index >= 15 is 0 Å². The van der Waals surface area contributed by atoms with E-state index in [4.69, 9.17) is 9.47 Å². The Hall–Kier alpha value is -2.53. The number of anilines is 1. The Morgan fingerprint density at radius 1 is 0.967 bits per heavy atom. The smallest absolute Gasteiger partial charge is 0.306 e. The molecule has 0 saturated carbocycles. The number of benzene rings is 2. The van der Waals surface area contributed by atoms with Crippen molar-refractivity contribution in [1.82, 2.24) is 4.90 Å². The molecule has 3 rings (SSSR count). The topological polar surface area (TPSA) is 42.0 Å². The molecule has 2 aromatic carbocycles. The Morgan fingerprint density at radius 2 is 1.63 bits per heavy atom. The summed E-state index contributed by atoms with van der Waals surface area (Å²) in [4.78, 5) is 17.0. The first-order valence-electron chi connectivity index (χ1n) is 10.8. The summed E-state index contributed by atoms with van der Waals surface area (Å²) in [6.07, 6.45) is 2.42. The van der Waals surface area contributed by atoms with E-state index in [9.17, 15) is 4.79 Å². The second kappa shape index (κ2) is 10.5. The summed E-state index contributed by atoms with van der Waals surface area (Å²) in [5.41, 5.74) is 2.18. The number of piperazine rings is 1. The van der Waals surface area contributed by atoms with Gasteiger partial charge in [-0.1, -0.05) is 49.4 Å². The summed E-state index contributed by atoms with van der Waals surface area (Å²) >= 11 is 0. The van der Waals surface area contributed by atoms with Crippen LogP contribution in [-0.4, -0.2) is 57.8 Å². The third-order valence-electron chi connectivity index (χ3n) is 6.23. The molecule has 1 fully saturated rings. The number of nitrogens with zero attached hydrogens (tertiary/aromatic N) is 2. The predicted molar refractivity (Wildman–Crippen MR) is 121 cm³/mol. The van der Waals surface area contributed by atoms with Crippen molar-refractivity contribution >= 4 is 11.7 Å². The molecule has 5 nitrogen and oxygen atoms in total. The molecular formula is C25H34N2O3. The summed E-state index contributed by atoms with van der Waals surface area (Å²) in [6.45, 7) is 7.30. The normalized spacial score (nSPS) is 16.7. The molecule has 5 heteroatoms. The molecule has 1 heterocycles. The average Bonchev–Trinajstić information content (AvgIpc) is 2.80. The fraction of sp³-hybridized carbons (Fsp3) is 0.480.